The zero-order valence-corrected chi connectivity index (χ0v) is 17.9. The van der Waals surface area contributed by atoms with Gasteiger partial charge >= 0.3 is 0 Å². The second kappa shape index (κ2) is 10.5. The summed E-state index contributed by atoms with van der Waals surface area (Å²) in [5.74, 6) is -0.274. The fourth-order valence-electron chi connectivity index (χ4n) is 3.25. The Labute approximate surface area is 174 Å². The van der Waals surface area contributed by atoms with Gasteiger partial charge < -0.3 is 20.7 Å². The number of carbonyl (C=O) groups excluding carboxylic acids is 3. The first kappa shape index (κ1) is 22.2. The number of rotatable bonds is 9. The summed E-state index contributed by atoms with van der Waals surface area (Å²) in [7, 11) is 0. The number of ether oxygens (including phenoxy) is 1. The Morgan fingerprint density at radius 3 is 2.54 bits per heavy atom. The Hall–Kier alpha value is -2.09. The number of nitrogens with zero attached hydrogens (tertiary/aromatic N) is 1. The minimum absolute atomic E-state index is 0.103. The number of likely N-dealkylation sites (tertiary alicyclic amines) is 1. The van der Waals surface area contributed by atoms with Crippen LogP contribution in [0.1, 0.15) is 39.5 Å². The summed E-state index contributed by atoms with van der Waals surface area (Å²) in [6, 6.07) is 6.45. The summed E-state index contributed by atoms with van der Waals surface area (Å²) in [6.07, 6.45) is 1.74. The average Bonchev–Trinajstić information content (AvgIpc) is 3.07. The lowest BCUT2D eigenvalue weighted by atomic mass is 10.1. The van der Waals surface area contributed by atoms with Crippen LogP contribution in [0.25, 0.3) is 0 Å². The van der Waals surface area contributed by atoms with Gasteiger partial charge in [-0.2, -0.15) is 0 Å². The number of hydrogen-bond acceptors (Lipinski definition) is 4. The molecule has 0 radical (unpaired) electrons. The largest absolute Gasteiger partial charge is 0.491 e. The lowest BCUT2D eigenvalue weighted by molar-refractivity contribution is -0.139. The zero-order valence-electron chi connectivity index (χ0n) is 16.3. The number of nitrogens with one attached hydrogen (secondary N) is 1. The molecule has 0 aliphatic carbocycles. The molecule has 1 aromatic carbocycles. The number of primary amides is 1. The van der Waals surface area contributed by atoms with Gasteiger partial charge in [-0.15, -0.1) is 0 Å². The first-order chi connectivity index (χ1) is 13.3. The van der Waals surface area contributed by atoms with Crippen LogP contribution in [-0.2, 0) is 14.4 Å². The van der Waals surface area contributed by atoms with E-state index in [0.717, 1.165) is 23.1 Å². The number of carbonyl (C=O) groups is 3. The van der Waals surface area contributed by atoms with E-state index in [4.69, 9.17) is 10.5 Å². The number of benzene rings is 1. The van der Waals surface area contributed by atoms with E-state index in [2.05, 4.69) is 21.2 Å². The second-order valence-corrected chi connectivity index (χ2v) is 8.40. The van der Waals surface area contributed by atoms with Crippen molar-refractivity contribution in [3.05, 3.63) is 28.7 Å². The van der Waals surface area contributed by atoms with Crippen molar-refractivity contribution in [1.82, 2.24) is 10.2 Å². The number of halogens is 1. The van der Waals surface area contributed by atoms with E-state index in [1.54, 1.807) is 4.90 Å². The molecule has 1 aromatic rings. The fourth-order valence-corrected chi connectivity index (χ4v) is 3.51. The molecule has 1 heterocycles. The van der Waals surface area contributed by atoms with Crippen molar-refractivity contribution in [2.45, 2.75) is 51.6 Å². The molecule has 28 heavy (non-hydrogen) atoms. The SMILES string of the molecule is CC(C)CC(=O)NC(CC(N)=O)C(=O)N1CCC[C@H]1COc1ccc(Br)cc1. The smallest absolute Gasteiger partial charge is 0.246 e. The molecule has 2 rings (SSSR count). The standard InChI is InChI=1S/C20H28BrN3O4/c1-13(2)10-19(26)23-17(11-18(22)25)20(27)24-9-3-4-15(24)12-28-16-7-5-14(21)6-8-16/h5-8,13,15,17H,3-4,9-12H2,1-2H3,(H2,22,25)(H,23,26)/t15-,17?/m0/s1. The van der Waals surface area contributed by atoms with Crippen LogP contribution >= 0.6 is 15.9 Å². The highest BCUT2D eigenvalue weighted by molar-refractivity contribution is 9.10. The molecular weight excluding hydrogens is 426 g/mol. The monoisotopic (exact) mass is 453 g/mol. The Morgan fingerprint density at radius 1 is 1.25 bits per heavy atom. The molecule has 1 fully saturated rings. The van der Waals surface area contributed by atoms with E-state index in [9.17, 15) is 14.4 Å². The molecule has 1 unspecified atom stereocenters. The van der Waals surface area contributed by atoms with Gasteiger partial charge in [-0.05, 0) is 43.0 Å². The van der Waals surface area contributed by atoms with Crippen LogP contribution in [0.5, 0.6) is 5.75 Å². The van der Waals surface area contributed by atoms with Crippen LogP contribution in [0.3, 0.4) is 0 Å². The molecule has 1 aliphatic heterocycles. The summed E-state index contributed by atoms with van der Waals surface area (Å²) in [4.78, 5) is 38.3. The molecule has 2 atom stereocenters. The Kier molecular flexibility index (Phi) is 8.29. The lowest BCUT2D eigenvalue weighted by Gasteiger charge is -2.29. The highest BCUT2D eigenvalue weighted by Gasteiger charge is 2.35. The molecule has 8 heteroatoms. The normalized spacial score (nSPS) is 17.4. The maximum atomic E-state index is 13.0. The molecule has 154 valence electrons. The quantitative estimate of drug-likeness (QED) is 0.598. The topological polar surface area (TPSA) is 102 Å². The van der Waals surface area contributed by atoms with Gasteiger partial charge in [0.05, 0.1) is 12.5 Å². The molecule has 7 nitrogen and oxygen atoms in total. The third-order valence-electron chi connectivity index (χ3n) is 4.55. The van der Waals surface area contributed by atoms with Gasteiger partial charge in [-0.25, -0.2) is 0 Å². The Balaban J connectivity index is 2.00. The van der Waals surface area contributed by atoms with Crippen LogP contribution < -0.4 is 15.8 Å². The molecular formula is C20H28BrN3O4. The van der Waals surface area contributed by atoms with Crippen LogP contribution in [0.2, 0.25) is 0 Å². The van der Waals surface area contributed by atoms with Gasteiger partial charge in [0, 0.05) is 17.4 Å². The van der Waals surface area contributed by atoms with Gasteiger partial charge in [0.15, 0.2) is 0 Å². The van der Waals surface area contributed by atoms with Gasteiger partial charge in [0.2, 0.25) is 17.7 Å². The first-order valence-corrected chi connectivity index (χ1v) is 10.3. The van der Waals surface area contributed by atoms with Crippen molar-refractivity contribution in [3.8, 4) is 5.75 Å². The molecule has 0 saturated carbocycles. The molecule has 0 aromatic heterocycles. The van der Waals surface area contributed by atoms with E-state index >= 15 is 0 Å². The highest BCUT2D eigenvalue weighted by atomic mass is 79.9. The van der Waals surface area contributed by atoms with Gasteiger partial charge in [0.1, 0.15) is 18.4 Å². The van der Waals surface area contributed by atoms with E-state index in [-0.39, 0.29) is 30.2 Å². The van der Waals surface area contributed by atoms with E-state index < -0.39 is 11.9 Å². The maximum absolute atomic E-state index is 13.0. The minimum Gasteiger partial charge on any atom is -0.491 e. The molecule has 0 bridgehead atoms. The maximum Gasteiger partial charge on any atom is 0.246 e. The van der Waals surface area contributed by atoms with Crippen molar-refractivity contribution in [3.63, 3.8) is 0 Å². The van der Waals surface area contributed by atoms with Gasteiger partial charge in [-0.3, -0.25) is 14.4 Å². The summed E-state index contributed by atoms with van der Waals surface area (Å²) >= 11 is 3.38. The molecule has 0 spiro atoms. The molecule has 1 aliphatic rings. The third-order valence-corrected chi connectivity index (χ3v) is 5.08. The molecule has 3 amide bonds. The zero-order chi connectivity index (χ0) is 20.7. The van der Waals surface area contributed by atoms with E-state index in [0.29, 0.717) is 19.6 Å². The first-order valence-electron chi connectivity index (χ1n) is 9.52. The van der Waals surface area contributed by atoms with Crippen molar-refractivity contribution in [1.29, 1.82) is 0 Å². The highest BCUT2D eigenvalue weighted by Crippen LogP contribution is 2.22. The van der Waals surface area contributed by atoms with Gasteiger partial charge in [0.25, 0.3) is 0 Å². The summed E-state index contributed by atoms with van der Waals surface area (Å²) < 4.78 is 6.79. The summed E-state index contributed by atoms with van der Waals surface area (Å²) in [6.45, 7) is 4.76. The third kappa shape index (κ3) is 6.82. The van der Waals surface area contributed by atoms with Crippen molar-refractivity contribution >= 4 is 33.7 Å². The number of nitrogens with two attached hydrogens (primary N) is 1. The van der Waals surface area contributed by atoms with Crippen molar-refractivity contribution in [2.24, 2.45) is 11.7 Å². The van der Waals surface area contributed by atoms with Crippen LogP contribution in [-0.4, -0.2) is 47.9 Å². The van der Waals surface area contributed by atoms with E-state index in [1.807, 2.05) is 38.1 Å². The lowest BCUT2D eigenvalue weighted by Crippen LogP contribution is -2.52. The van der Waals surface area contributed by atoms with Crippen molar-refractivity contribution < 1.29 is 19.1 Å². The number of amides is 3. The molecule has 3 N–H and O–H groups in total. The van der Waals surface area contributed by atoms with Crippen molar-refractivity contribution in [2.75, 3.05) is 13.2 Å². The summed E-state index contributed by atoms with van der Waals surface area (Å²) in [5, 5.41) is 2.68. The average molecular weight is 454 g/mol. The van der Waals surface area contributed by atoms with Gasteiger partial charge in [-0.1, -0.05) is 29.8 Å². The van der Waals surface area contributed by atoms with Crippen LogP contribution in [0, 0.1) is 5.92 Å². The predicted molar refractivity (Wildman–Crippen MR) is 110 cm³/mol. The second-order valence-electron chi connectivity index (χ2n) is 7.48. The Morgan fingerprint density at radius 2 is 1.93 bits per heavy atom. The van der Waals surface area contributed by atoms with Crippen LogP contribution in [0.15, 0.2) is 28.7 Å². The molecule has 1 saturated heterocycles. The predicted octanol–water partition coefficient (Wildman–Crippen LogP) is 2.23. The fraction of sp³-hybridized carbons (Fsp3) is 0.550. The summed E-state index contributed by atoms with van der Waals surface area (Å²) in [5.41, 5.74) is 5.30. The Bertz CT molecular complexity index is 693. The van der Waals surface area contributed by atoms with Crippen LogP contribution in [0.4, 0.5) is 0 Å². The number of hydrogen-bond donors (Lipinski definition) is 2. The van der Waals surface area contributed by atoms with E-state index in [1.165, 1.54) is 0 Å². The minimum atomic E-state index is -0.933.